The maximum absolute atomic E-state index is 17.3. The van der Waals surface area contributed by atoms with E-state index in [4.69, 9.17) is 11.5 Å². The van der Waals surface area contributed by atoms with Crippen molar-refractivity contribution in [1.29, 1.82) is 0 Å². The first kappa shape index (κ1) is 44.9. The van der Waals surface area contributed by atoms with Crippen LogP contribution in [-0.2, 0) is 55.5 Å². The van der Waals surface area contributed by atoms with Crippen molar-refractivity contribution in [3.8, 4) is 22.3 Å². The quantitative estimate of drug-likeness (QED) is 0.0904. The Labute approximate surface area is 422 Å². The molecule has 2 aliphatic rings. The number of rotatable bonds is 12. The average molecular weight is 967 g/mol. The molecular weight excluding hydrogens is 917 g/mol. The van der Waals surface area contributed by atoms with E-state index in [2.05, 4.69) is 60.7 Å². The van der Waals surface area contributed by atoms with Crippen molar-refractivity contribution < 1.29 is 31.8 Å². The molecule has 0 unspecified atom stereocenters. The molecule has 4 nitrogen and oxygen atoms in total. The molecule has 0 bridgehead atoms. The monoisotopic (exact) mass is 966 g/mol. The summed E-state index contributed by atoms with van der Waals surface area (Å²) >= 11 is -6.80. The van der Waals surface area contributed by atoms with Crippen LogP contribution in [0.4, 0.5) is 0 Å². The molecule has 5 heteroatoms. The molecule has 0 saturated carbocycles. The van der Waals surface area contributed by atoms with E-state index in [0.29, 0.717) is 54.0 Å². The Morgan fingerprint density at radius 2 is 0.569 bits per heavy atom. The van der Waals surface area contributed by atoms with Gasteiger partial charge in [-0.3, -0.25) is 0 Å². The molecule has 12 rings (SSSR count). The van der Waals surface area contributed by atoms with Crippen LogP contribution in [0, 0.1) is 0 Å². The SMILES string of the molecule is [CH2]=[Ti]([O]C(=O)C(c1ccccc1)(c1ccccc1)c1ccccc1)([O]C(=O)C(c1ccccc1)(c1ccccc1)c1ccccc1)([c]1cccc2c1Cc1ccccc1-2)[c]1cccc2c1Cc1ccccc1-2. The predicted molar refractivity (Wildman–Crippen MR) is 286 cm³/mol. The Morgan fingerprint density at radius 3 is 0.861 bits per heavy atom. The van der Waals surface area contributed by atoms with Crippen molar-refractivity contribution in [3.05, 3.63) is 323 Å². The van der Waals surface area contributed by atoms with E-state index in [9.17, 15) is 0 Å². The third kappa shape index (κ3) is 6.89. The molecule has 10 aromatic carbocycles. The summed E-state index contributed by atoms with van der Waals surface area (Å²) in [6, 6.07) is 88.1. The first-order chi connectivity index (χ1) is 35.3. The number of fused-ring (bicyclic) bond motifs is 6. The number of carbonyl (C=O) groups excluding carboxylic acids is 2. The third-order valence-corrected chi connectivity index (χ3v) is 22.1. The summed E-state index contributed by atoms with van der Waals surface area (Å²) in [5.74, 6) is -1.20. The molecule has 0 radical (unpaired) electrons. The minimum atomic E-state index is -6.80. The molecule has 346 valence electrons. The van der Waals surface area contributed by atoms with Gasteiger partial charge in [0.1, 0.15) is 0 Å². The second kappa shape index (κ2) is 17.8. The summed E-state index contributed by atoms with van der Waals surface area (Å²) in [7, 11) is 0. The second-order valence-electron chi connectivity index (χ2n) is 19.1. The van der Waals surface area contributed by atoms with Gasteiger partial charge < -0.3 is 0 Å². The Morgan fingerprint density at radius 1 is 0.319 bits per heavy atom. The number of hydrogen-bond acceptors (Lipinski definition) is 4. The normalized spacial score (nSPS) is 12.7. The van der Waals surface area contributed by atoms with Gasteiger partial charge in [0.15, 0.2) is 0 Å². The van der Waals surface area contributed by atoms with Crippen LogP contribution >= 0.6 is 0 Å². The summed E-state index contributed by atoms with van der Waals surface area (Å²) in [5, 5.41) is 0. The zero-order valence-corrected chi connectivity index (χ0v) is 41.2. The van der Waals surface area contributed by atoms with Gasteiger partial charge in [-0.1, -0.05) is 0 Å². The molecule has 10 aromatic rings. The minimum absolute atomic E-state index is 0.517. The fourth-order valence-corrected chi connectivity index (χ4v) is 18.9. The number of benzene rings is 10. The molecule has 2 aliphatic carbocycles. The van der Waals surface area contributed by atoms with Crippen LogP contribution in [0.5, 0.6) is 0 Å². The molecular formula is C67H50O4Ti. The van der Waals surface area contributed by atoms with Gasteiger partial charge in [-0.05, 0) is 0 Å². The zero-order valence-electron chi connectivity index (χ0n) is 39.7. The first-order valence-electron chi connectivity index (χ1n) is 24.6. The van der Waals surface area contributed by atoms with Gasteiger partial charge in [-0.2, -0.15) is 0 Å². The van der Waals surface area contributed by atoms with Crippen LogP contribution in [0.25, 0.3) is 22.3 Å². The van der Waals surface area contributed by atoms with Crippen molar-refractivity contribution in [2.24, 2.45) is 0 Å². The van der Waals surface area contributed by atoms with E-state index in [1.165, 1.54) is 0 Å². The predicted octanol–water partition coefficient (Wildman–Crippen LogP) is 12.9. The van der Waals surface area contributed by atoms with Gasteiger partial charge in [-0.15, -0.1) is 0 Å². The Kier molecular flexibility index (Phi) is 11.1. The third-order valence-electron chi connectivity index (χ3n) is 15.3. The average Bonchev–Trinajstić information content (AvgIpc) is 4.03. The van der Waals surface area contributed by atoms with E-state index >= 15 is 9.59 Å². The number of carbonyl (C=O) groups is 2. The molecule has 0 atom stereocenters. The summed E-state index contributed by atoms with van der Waals surface area (Å²) < 4.78 is 17.4. The van der Waals surface area contributed by atoms with Gasteiger partial charge in [0, 0.05) is 0 Å². The van der Waals surface area contributed by atoms with Crippen molar-refractivity contribution >= 4 is 24.5 Å². The molecule has 0 spiro atoms. The fraction of sp³-hybridized carbons (Fsp3) is 0.0597. The first-order valence-corrected chi connectivity index (χ1v) is 28.5. The molecule has 0 heterocycles. The van der Waals surface area contributed by atoms with Crippen LogP contribution in [0.3, 0.4) is 0 Å². The van der Waals surface area contributed by atoms with Gasteiger partial charge in [0.05, 0.1) is 0 Å². The van der Waals surface area contributed by atoms with Crippen molar-refractivity contribution in [2.75, 3.05) is 0 Å². The summed E-state index contributed by atoms with van der Waals surface area (Å²) in [4.78, 5) is 40.1. The van der Waals surface area contributed by atoms with Crippen molar-refractivity contribution in [1.82, 2.24) is 0 Å². The Bertz CT molecular complexity index is 3280. The van der Waals surface area contributed by atoms with Crippen LogP contribution in [-0.4, -0.2) is 16.8 Å². The van der Waals surface area contributed by atoms with Gasteiger partial charge in [-0.25, -0.2) is 0 Å². The van der Waals surface area contributed by atoms with Gasteiger partial charge in [0.25, 0.3) is 0 Å². The van der Waals surface area contributed by atoms with E-state index < -0.39 is 38.4 Å². The zero-order chi connectivity index (χ0) is 48.8. The van der Waals surface area contributed by atoms with Crippen molar-refractivity contribution in [2.45, 2.75) is 23.7 Å². The maximum atomic E-state index is 17.3. The van der Waals surface area contributed by atoms with E-state index in [-0.39, 0.29) is 0 Å². The van der Waals surface area contributed by atoms with Gasteiger partial charge >= 0.3 is 425 Å². The van der Waals surface area contributed by atoms with Crippen molar-refractivity contribution in [3.63, 3.8) is 0 Å². The summed E-state index contributed by atoms with van der Waals surface area (Å²) in [6.45, 7) is 0. The molecule has 72 heavy (non-hydrogen) atoms. The van der Waals surface area contributed by atoms with Crippen LogP contribution < -0.4 is 7.74 Å². The van der Waals surface area contributed by atoms with E-state index in [1.54, 1.807) is 0 Å². The second-order valence-corrected chi connectivity index (χ2v) is 25.3. The summed E-state index contributed by atoms with van der Waals surface area (Å²) in [6.07, 6.45) is 1.03. The van der Waals surface area contributed by atoms with E-state index in [0.717, 1.165) is 44.5 Å². The fourth-order valence-electron chi connectivity index (χ4n) is 12.0. The molecule has 0 aliphatic heterocycles. The molecule has 0 fully saturated rings. The molecule has 0 aromatic heterocycles. The van der Waals surface area contributed by atoms with E-state index in [1.807, 2.05) is 206 Å². The van der Waals surface area contributed by atoms with Gasteiger partial charge in [0.2, 0.25) is 0 Å². The van der Waals surface area contributed by atoms with Crippen LogP contribution in [0.1, 0.15) is 55.6 Å². The molecule has 0 N–H and O–H groups in total. The molecule has 0 amide bonds. The summed E-state index contributed by atoms with van der Waals surface area (Å²) in [5.41, 5.74) is 9.29. The Balaban J connectivity index is 1.23. The topological polar surface area (TPSA) is 52.6 Å². The van der Waals surface area contributed by atoms with Crippen LogP contribution in [0.15, 0.2) is 267 Å². The standard InChI is InChI=1S/2C20H16O2.2C13H9.CH2.Ti/c2*21-19(22)20(16-10-4-1-5-11-16,17-12-6-2-7-13-17)18-14-8-3-9-15-18;2*1-3-7-12-10(5-1)9-11-6-2-4-8-13(11)12;;/h2*1-15H,(H,21,22);2*1-5,7-8H,9H2;1H2;/q;;;;;+2/p-2. The van der Waals surface area contributed by atoms with Crippen LogP contribution in [0.2, 0.25) is 0 Å². The molecule has 0 saturated heterocycles. The number of hydrogen-bond donors (Lipinski definition) is 0. The Hall–Kier alpha value is -8.28.